The number of fused-ring (bicyclic) bond motifs is 1. The molecule has 0 bridgehead atoms. The van der Waals surface area contributed by atoms with Gasteiger partial charge < -0.3 is 0 Å². The zero-order valence-corrected chi connectivity index (χ0v) is 14.3. The van der Waals surface area contributed by atoms with Gasteiger partial charge in [0, 0.05) is 30.5 Å². The molecule has 0 saturated heterocycles. The molecule has 0 fully saturated rings. The van der Waals surface area contributed by atoms with Crippen LogP contribution in [0.3, 0.4) is 0 Å². The average molecular weight is 376 g/mol. The van der Waals surface area contributed by atoms with Crippen LogP contribution in [0, 0.1) is 20.2 Å². The smallest absolute Gasteiger partial charge is 0.269 e. The van der Waals surface area contributed by atoms with Gasteiger partial charge in [-0.2, -0.15) is 0 Å². The van der Waals surface area contributed by atoms with E-state index >= 15 is 0 Å². The maximum Gasteiger partial charge on any atom is 0.269 e. The summed E-state index contributed by atoms with van der Waals surface area (Å²) in [5.41, 5.74) is -0.851. The monoisotopic (exact) mass is 376 g/mol. The number of hydrogen-bond donors (Lipinski definition) is 0. The van der Waals surface area contributed by atoms with Crippen LogP contribution in [-0.4, -0.2) is 26.5 Å². The molecule has 9 nitrogen and oxygen atoms in total. The highest BCUT2D eigenvalue weighted by molar-refractivity contribution is 6.15. The van der Waals surface area contributed by atoms with E-state index in [2.05, 4.69) is 4.99 Å². The van der Waals surface area contributed by atoms with Crippen LogP contribution in [0.25, 0.3) is 0 Å². The zero-order chi connectivity index (χ0) is 19.9. The van der Waals surface area contributed by atoms with Crippen molar-refractivity contribution in [1.82, 2.24) is 4.90 Å². The topological polar surface area (TPSA) is 119 Å². The Hall–Kier alpha value is -4.14. The molecule has 2 aromatic carbocycles. The highest BCUT2D eigenvalue weighted by atomic mass is 16.6. The van der Waals surface area contributed by atoms with Crippen molar-refractivity contribution >= 4 is 23.1 Å². The predicted molar refractivity (Wildman–Crippen MR) is 99.5 cm³/mol. The lowest BCUT2D eigenvalue weighted by molar-refractivity contribution is -0.385. The molecule has 0 N–H and O–H groups in total. The number of nitrogens with zero attached hydrogens (tertiary/aromatic N) is 4. The fraction of sp³-hybridized carbons (Fsp3) is 0.0526. The van der Waals surface area contributed by atoms with E-state index in [1.54, 1.807) is 24.4 Å². The highest BCUT2D eigenvalue weighted by Gasteiger charge is 2.50. The number of amides is 1. The van der Waals surface area contributed by atoms with Crippen LogP contribution in [-0.2, 0) is 10.3 Å². The molecule has 0 spiro atoms. The normalized spacial score (nSPS) is 16.6. The molecule has 0 saturated carbocycles. The summed E-state index contributed by atoms with van der Waals surface area (Å²) in [7, 11) is 0. The molecule has 138 valence electrons. The van der Waals surface area contributed by atoms with Gasteiger partial charge in [-0.3, -0.25) is 29.9 Å². The standard InChI is InChI=1S/C19H12N4O5/c24-18-19(20-17-3-1-2-12-21(17)18,13-4-8-15(9-5-13)22(25)26)14-6-10-16(11-7-14)23(27)28/h1-12H. The summed E-state index contributed by atoms with van der Waals surface area (Å²) in [6, 6.07) is 11.1. The van der Waals surface area contributed by atoms with E-state index in [-0.39, 0.29) is 17.3 Å². The maximum absolute atomic E-state index is 13.4. The Bertz CT molecular complexity index is 1030. The van der Waals surface area contributed by atoms with Gasteiger partial charge >= 0.3 is 0 Å². The molecule has 0 atom stereocenters. The Kier molecular flexibility index (Phi) is 3.85. The summed E-state index contributed by atoms with van der Waals surface area (Å²) in [5.74, 6) is 0.0509. The number of carbonyl (C=O) groups is 1. The van der Waals surface area contributed by atoms with Crippen molar-refractivity contribution in [2.45, 2.75) is 5.54 Å². The van der Waals surface area contributed by atoms with Crippen LogP contribution < -0.4 is 0 Å². The van der Waals surface area contributed by atoms with Crippen molar-refractivity contribution in [3.63, 3.8) is 0 Å². The van der Waals surface area contributed by atoms with E-state index in [9.17, 15) is 25.0 Å². The second-order valence-corrected chi connectivity index (χ2v) is 6.16. The van der Waals surface area contributed by atoms with Crippen molar-refractivity contribution in [2.24, 2.45) is 4.99 Å². The van der Waals surface area contributed by atoms with E-state index in [0.717, 1.165) is 0 Å². The zero-order valence-electron chi connectivity index (χ0n) is 14.3. The second-order valence-electron chi connectivity index (χ2n) is 6.16. The number of hydrogen-bond acceptors (Lipinski definition) is 6. The predicted octanol–water partition coefficient (Wildman–Crippen LogP) is 3.07. The minimum Gasteiger partial charge on any atom is -0.270 e. The number of nitro benzene ring substituents is 2. The van der Waals surface area contributed by atoms with Gasteiger partial charge in [0.1, 0.15) is 5.84 Å². The van der Waals surface area contributed by atoms with Gasteiger partial charge in [-0.15, -0.1) is 0 Å². The molecule has 4 rings (SSSR count). The fourth-order valence-corrected chi connectivity index (χ4v) is 3.28. The summed E-state index contributed by atoms with van der Waals surface area (Å²) in [5, 5.41) is 21.9. The van der Waals surface area contributed by atoms with Gasteiger partial charge in [0.2, 0.25) is 0 Å². The maximum atomic E-state index is 13.4. The second kappa shape index (κ2) is 6.23. The Morgan fingerprint density at radius 1 is 0.821 bits per heavy atom. The van der Waals surface area contributed by atoms with E-state index in [0.29, 0.717) is 17.0 Å². The van der Waals surface area contributed by atoms with E-state index in [1.165, 1.54) is 53.4 Å². The molecule has 28 heavy (non-hydrogen) atoms. The van der Waals surface area contributed by atoms with Crippen molar-refractivity contribution < 1.29 is 14.6 Å². The largest absolute Gasteiger partial charge is 0.270 e. The number of carbonyl (C=O) groups excluding carboxylic acids is 1. The van der Waals surface area contributed by atoms with Crippen LogP contribution in [0.2, 0.25) is 0 Å². The Morgan fingerprint density at radius 2 is 1.32 bits per heavy atom. The lowest BCUT2D eigenvalue weighted by Gasteiger charge is -2.26. The van der Waals surface area contributed by atoms with E-state index in [1.807, 2.05) is 0 Å². The van der Waals surface area contributed by atoms with Crippen molar-refractivity contribution in [3.05, 3.63) is 104 Å². The minimum atomic E-state index is -1.49. The third-order valence-electron chi connectivity index (χ3n) is 4.64. The minimum absolute atomic E-state index is 0.113. The summed E-state index contributed by atoms with van der Waals surface area (Å²) in [6.07, 6.45) is 6.69. The molecular weight excluding hydrogens is 364 g/mol. The number of non-ortho nitro benzene ring substituents is 2. The molecule has 0 aromatic heterocycles. The lowest BCUT2D eigenvalue weighted by Crippen LogP contribution is -2.39. The molecule has 2 aromatic rings. The summed E-state index contributed by atoms with van der Waals surface area (Å²) in [4.78, 5) is 40.3. The summed E-state index contributed by atoms with van der Waals surface area (Å²) < 4.78 is 0. The van der Waals surface area contributed by atoms with Gasteiger partial charge in [-0.1, -0.05) is 6.08 Å². The third-order valence-corrected chi connectivity index (χ3v) is 4.64. The Labute approximate surface area is 158 Å². The van der Waals surface area contributed by atoms with Crippen LogP contribution in [0.4, 0.5) is 11.4 Å². The third kappa shape index (κ3) is 2.49. The van der Waals surface area contributed by atoms with Gasteiger partial charge in [-0.05, 0) is 47.5 Å². The Balaban J connectivity index is 1.91. The number of amidine groups is 1. The molecule has 2 aliphatic rings. The van der Waals surface area contributed by atoms with Crippen LogP contribution in [0.15, 0.2) is 78.0 Å². The van der Waals surface area contributed by atoms with Gasteiger partial charge in [0.05, 0.1) is 9.85 Å². The lowest BCUT2D eigenvalue weighted by atomic mass is 9.82. The first-order chi connectivity index (χ1) is 13.4. The summed E-state index contributed by atoms with van der Waals surface area (Å²) >= 11 is 0. The highest BCUT2D eigenvalue weighted by Crippen LogP contribution is 2.42. The molecule has 1 amide bonds. The quantitative estimate of drug-likeness (QED) is 0.600. The number of benzene rings is 2. The summed E-state index contributed by atoms with van der Waals surface area (Å²) in [6.45, 7) is 0. The molecule has 2 heterocycles. The van der Waals surface area contributed by atoms with Gasteiger partial charge in [-0.25, -0.2) is 4.99 Å². The molecule has 0 aliphatic carbocycles. The number of allylic oxidation sites excluding steroid dienone is 2. The number of nitro groups is 2. The van der Waals surface area contributed by atoms with Crippen LogP contribution in [0.5, 0.6) is 0 Å². The van der Waals surface area contributed by atoms with Crippen LogP contribution >= 0.6 is 0 Å². The molecule has 2 aliphatic heterocycles. The van der Waals surface area contributed by atoms with Crippen molar-refractivity contribution in [1.29, 1.82) is 0 Å². The molecular formula is C19H12N4O5. The first-order valence-electron chi connectivity index (χ1n) is 8.22. The van der Waals surface area contributed by atoms with Gasteiger partial charge in [0.15, 0.2) is 5.54 Å². The molecule has 0 radical (unpaired) electrons. The van der Waals surface area contributed by atoms with Gasteiger partial charge in [0.25, 0.3) is 17.3 Å². The number of rotatable bonds is 4. The molecule has 0 unspecified atom stereocenters. The number of aliphatic imine (C=N–C) groups is 1. The Morgan fingerprint density at radius 3 is 1.75 bits per heavy atom. The molecule has 9 heteroatoms. The van der Waals surface area contributed by atoms with Crippen molar-refractivity contribution in [3.8, 4) is 0 Å². The van der Waals surface area contributed by atoms with Crippen LogP contribution in [0.1, 0.15) is 11.1 Å². The SMILES string of the molecule is O=C1N2C=CC=CC2=NC1(c1ccc([N+](=O)[O-])cc1)c1ccc([N+](=O)[O-])cc1. The fourth-order valence-electron chi connectivity index (χ4n) is 3.28. The van der Waals surface area contributed by atoms with E-state index < -0.39 is 15.4 Å². The van der Waals surface area contributed by atoms with E-state index in [4.69, 9.17) is 0 Å². The average Bonchev–Trinajstić information content (AvgIpc) is 3.02. The van der Waals surface area contributed by atoms with Crippen molar-refractivity contribution in [2.75, 3.05) is 0 Å². The first kappa shape index (κ1) is 17.3. The first-order valence-corrected chi connectivity index (χ1v) is 8.22.